The molecule has 1 saturated heterocycles. The summed E-state index contributed by atoms with van der Waals surface area (Å²) in [5.41, 5.74) is 9.24. The Balaban J connectivity index is 1.61. The smallest absolute Gasteiger partial charge is 0.223 e. The van der Waals surface area contributed by atoms with Crippen molar-refractivity contribution in [2.75, 3.05) is 18.9 Å². The normalized spacial score (nSPS) is 24.9. The second kappa shape index (κ2) is 5.44. The van der Waals surface area contributed by atoms with Crippen molar-refractivity contribution in [2.45, 2.75) is 38.1 Å². The molecule has 0 aromatic heterocycles. The monoisotopic (exact) mass is 274 g/mol. The zero-order chi connectivity index (χ0) is 14.1. The Bertz CT molecular complexity index is 515. The van der Waals surface area contributed by atoms with Crippen molar-refractivity contribution in [3.05, 3.63) is 29.3 Å². The Morgan fingerprint density at radius 1 is 1.35 bits per heavy atom. The maximum atomic E-state index is 12.4. The Morgan fingerprint density at radius 2 is 2.15 bits per heavy atom. The van der Waals surface area contributed by atoms with Gasteiger partial charge in [0, 0.05) is 18.7 Å². The highest BCUT2D eigenvalue weighted by Crippen LogP contribution is 2.31. The van der Waals surface area contributed by atoms with Crippen LogP contribution >= 0.6 is 0 Å². The molecule has 108 valence electrons. The van der Waals surface area contributed by atoms with Gasteiger partial charge >= 0.3 is 0 Å². The molecule has 1 amide bonds. The predicted octanol–water partition coefficient (Wildman–Crippen LogP) is 1.36. The Kier molecular flexibility index (Phi) is 3.66. The van der Waals surface area contributed by atoms with Crippen molar-refractivity contribution in [3.63, 3.8) is 0 Å². The first-order chi connectivity index (χ1) is 9.67. The largest absolute Gasteiger partial charge is 0.399 e. The van der Waals surface area contributed by atoms with Crippen molar-refractivity contribution in [1.82, 2.24) is 4.90 Å². The van der Waals surface area contributed by atoms with E-state index >= 15 is 0 Å². The second-order valence-electron chi connectivity index (χ2n) is 6.07. The van der Waals surface area contributed by atoms with Gasteiger partial charge in [-0.1, -0.05) is 6.07 Å². The third-order valence-corrected chi connectivity index (χ3v) is 4.62. The van der Waals surface area contributed by atoms with Crippen LogP contribution in [0, 0.1) is 5.92 Å². The number of carbonyl (C=O) groups excluding carboxylic acids is 1. The summed E-state index contributed by atoms with van der Waals surface area (Å²) in [6, 6.07) is 6.10. The van der Waals surface area contributed by atoms with Crippen LogP contribution in [-0.2, 0) is 17.6 Å². The molecule has 1 fully saturated rings. The standard InChI is InChI=1S/C16H22N2O2/c17-14-4-3-12-6-11(7-13(12)9-14)8-16(20)18-5-1-2-15(18)10-19/h3-4,9,11,15,19H,1-2,5-8,10,17H2/t11?,15-/m0/s1. The molecule has 4 nitrogen and oxygen atoms in total. The van der Waals surface area contributed by atoms with Crippen LogP contribution in [0.2, 0.25) is 0 Å². The highest BCUT2D eigenvalue weighted by Gasteiger charge is 2.31. The molecule has 0 spiro atoms. The van der Waals surface area contributed by atoms with Gasteiger partial charge < -0.3 is 15.7 Å². The van der Waals surface area contributed by atoms with E-state index < -0.39 is 0 Å². The molecular weight excluding hydrogens is 252 g/mol. The second-order valence-corrected chi connectivity index (χ2v) is 6.07. The molecular formula is C16H22N2O2. The van der Waals surface area contributed by atoms with Crippen LogP contribution in [0.15, 0.2) is 18.2 Å². The highest BCUT2D eigenvalue weighted by molar-refractivity contribution is 5.77. The number of hydrogen-bond acceptors (Lipinski definition) is 3. The molecule has 1 aromatic carbocycles. The fourth-order valence-electron chi connectivity index (χ4n) is 3.59. The van der Waals surface area contributed by atoms with Crippen molar-refractivity contribution in [3.8, 4) is 0 Å². The molecule has 0 bridgehead atoms. The van der Waals surface area contributed by atoms with Crippen LogP contribution in [-0.4, -0.2) is 35.1 Å². The number of fused-ring (bicyclic) bond motifs is 1. The van der Waals surface area contributed by atoms with Crippen molar-refractivity contribution in [2.24, 2.45) is 5.92 Å². The summed E-state index contributed by atoms with van der Waals surface area (Å²) in [7, 11) is 0. The van der Waals surface area contributed by atoms with Gasteiger partial charge in [0.1, 0.15) is 0 Å². The molecule has 1 aliphatic heterocycles. The van der Waals surface area contributed by atoms with E-state index in [1.165, 1.54) is 11.1 Å². The SMILES string of the molecule is Nc1ccc2c(c1)CC(CC(=O)N1CCC[C@H]1CO)C2. The van der Waals surface area contributed by atoms with Crippen LogP contribution in [0.1, 0.15) is 30.4 Å². The molecule has 1 aliphatic carbocycles. The molecule has 0 radical (unpaired) electrons. The van der Waals surface area contributed by atoms with Crippen LogP contribution in [0.3, 0.4) is 0 Å². The van der Waals surface area contributed by atoms with Gasteiger partial charge in [0.25, 0.3) is 0 Å². The zero-order valence-electron chi connectivity index (χ0n) is 11.7. The van der Waals surface area contributed by atoms with Gasteiger partial charge in [-0.15, -0.1) is 0 Å². The zero-order valence-corrected chi connectivity index (χ0v) is 11.7. The molecule has 1 unspecified atom stereocenters. The minimum Gasteiger partial charge on any atom is -0.399 e. The van der Waals surface area contributed by atoms with Gasteiger partial charge in [-0.3, -0.25) is 4.79 Å². The van der Waals surface area contributed by atoms with Gasteiger partial charge in [0.05, 0.1) is 12.6 Å². The average molecular weight is 274 g/mol. The van der Waals surface area contributed by atoms with E-state index in [4.69, 9.17) is 5.73 Å². The van der Waals surface area contributed by atoms with E-state index in [-0.39, 0.29) is 18.6 Å². The summed E-state index contributed by atoms with van der Waals surface area (Å²) >= 11 is 0. The van der Waals surface area contributed by atoms with Gasteiger partial charge in [0.2, 0.25) is 5.91 Å². The molecule has 4 heteroatoms. The number of nitrogens with two attached hydrogens (primary N) is 1. The minimum atomic E-state index is 0.0434. The molecule has 2 aliphatic rings. The van der Waals surface area contributed by atoms with Crippen LogP contribution in [0.4, 0.5) is 5.69 Å². The quantitative estimate of drug-likeness (QED) is 0.818. The molecule has 1 heterocycles. The Labute approximate surface area is 119 Å². The highest BCUT2D eigenvalue weighted by atomic mass is 16.3. The number of carbonyl (C=O) groups is 1. The first-order valence-corrected chi connectivity index (χ1v) is 7.45. The fraction of sp³-hybridized carbons (Fsp3) is 0.562. The summed E-state index contributed by atoms with van der Waals surface area (Å²) in [5, 5.41) is 9.31. The molecule has 2 atom stereocenters. The van der Waals surface area contributed by atoms with E-state index in [1.807, 2.05) is 17.0 Å². The summed E-state index contributed by atoms with van der Waals surface area (Å²) < 4.78 is 0. The number of aliphatic hydroxyl groups is 1. The third kappa shape index (κ3) is 2.52. The number of anilines is 1. The number of rotatable bonds is 3. The summed E-state index contributed by atoms with van der Waals surface area (Å²) in [5.74, 6) is 0.589. The number of hydrogen-bond donors (Lipinski definition) is 2. The lowest BCUT2D eigenvalue weighted by Crippen LogP contribution is -2.38. The predicted molar refractivity (Wildman–Crippen MR) is 78.2 cm³/mol. The van der Waals surface area contributed by atoms with Crippen LogP contribution in [0.5, 0.6) is 0 Å². The van der Waals surface area contributed by atoms with Crippen molar-refractivity contribution >= 4 is 11.6 Å². The Morgan fingerprint density at radius 3 is 2.95 bits per heavy atom. The lowest BCUT2D eigenvalue weighted by atomic mass is 10.0. The van der Waals surface area contributed by atoms with Gasteiger partial charge in [-0.05, 0) is 54.9 Å². The van der Waals surface area contributed by atoms with Crippen LogP contribution in [0.25, 0.3) is 0 Å². The van der Waals surface area contributed by atoms with E-state index in [2.05, 4.69) is 6.07 Å². The van der Waals surface area contributed by atoms with Gasteiger partial charge in [0.15, 0.2) is 0 Å². The van der Waals surface area contributed by atoms with E-state index in [1.54, 1.807) is 0 Å². The third-order valence-electron chi connectivity index (χ3n) is 4.62. The number of nitrogens with zero attached hydrogens (tertiary/aromatic N) is 1. The summed E-state index contributed by atoms with van der Waals surface area (Å²) in [4.78, 5) is 14.3. The number of aliphatic hydroxyl groups excluding tert-OH is 1. The number of likely N-dealkylation sites (tertiary alicyclic amines) is 1. The van der Waals surface area contributed by atoms with E-state index in [0.717, 1.165) is 37.9 Å². The summed E-state index contributed by atoms with van der Waals surface area (Å²) in [6.07, 6.45) is 4.45. The molecule has 3 N–H and O–H groups in total. The van der Waals surface area contributed by atoms with Gasteiger partial charge in [-0.2, -0.15) is 0 Å². The fourth-order valence-corrected chi connectivity index (χ4v) is 3.59. The molecule has 1 aromatic rings. The van der Waals surface area contributed by atoms with E-state index in [0.29, 0.717) is 12.3 Å². The van der Waals surface area contributed by atoms with Gasteiger partial charge in [-0.25, -0.2) is 0 Å². The lowest BCUT2D eigenvalue weighted by Gasteiger charge is -2.24. The lowest BCUT2D eigenvalue weighted by molar-refractivity contribution is -0.133. The minimum absolute atomic E-state index is 0.0434. The van der Waals surface area contributed by atoms with E-state index in [9.17, 15) is 9.90 Å². The van der Waals surface area contributed by atoms with Crippen molar-refractivity contribution < 1.29 is 9.90 Å². The number of amides is 1. The molecule has 3 rings (SSSR count). The number of benzene rings is 1. The maximum Gasteiger partial charge on any atom is 0.223 e. The number of nitrogen functional groups attached to an aromatic ring is 1. The first-order valence-electron chi connectivity index (χ1n) is 7.45. The first kappa shape index (κ1) is 13.4. The van der Waals surface area contributed by atoms with Crippen molar-refractivity contribution in [1.29, 1.82) is 0 Å². The molecule has 0 saturated carbocycles. The summed E-state index contributed by atoms with van der Waals surface area (Å²) in [6.45, 7) is 0.893. The molecule has 20 heavy (non-hydrogen) atoms. The Hall–Kier alpha value is -1.55. The topological polar surface area (TPSA) is 66.6 Å². The maximum absolute atomic E-state index is 12.4. The van der Waals surface area contributed by atoms with Crippen LogP contribution < -0.4 is 5.73 Å². The average Bonchev–Trinajstić information content (AvgIpc) is 3.03.